The third-order valence-electron chi connectivity index (χ3n) is 5.51. The first-order chi connectivity index (χ1) is 16.9. The lowest BCUT2D eigenvalue weighted by atomic mass is 9.98. The third-order valence-corrected chi connectivity index (χ3v) is 6.45. The number of hydrogen-bond acceptors (Lipinski definition) is 5. The molecule has 0 saturated heterocycles. The van der Waals surface area contributed by atoms with Gasteiger partial charge in [-0.05, 0) is 40.5 Å². The average Bonchev–Trinajstić information content (AvgIpc) is 3.15. The van der Waals surface area contributed by atoms with Crippen molar-refractivity contribution < 1.29 is 28.6 Å². The molecule has 0 fully saturated rings. The van der Waals surface area contributed by atoms with Crippen LogP contribution in [0.1, 0.15) is 27.4 Å². The number of nitrogens with one attached hydrogen (secondary N) is 2. The van der Waals surface area contributed by atoms with Crippen LogP contribution in [0.4, 0.5) is 14.9 Å². The average molecular weight is 495 g/mol. The van der Waals surface area contributed by atoms with E-state index in [9.17, 15) is 18.8 Å². The third kappa shape index (κ3) is 5.99. The number of rotatable bonds is 9. The van der Waals surface area contributed by atoms with Crippen LogP contribution in [0.3, 0.4) is 0 Å². The quantitative estimate of drug-likeness (QED) is 0.372. The molecular weight excluding hydrogens is 471 g/mol. The van der Waals surface area contributed by atoms with Gasteiger partial charge in [-0.15, -0.1) is 11.8 Å². The molecule has 4 rings (SSSR count). The summed E-state index contributed by atoms with van der Waals surface area (Å²) >= 11 is 1.16. The van der Waals surface area contributed by atoms with E-state index in [1.165, 1.54) is 6.07 Å². The van der Waals surface area contributed by atoms with Gasteiger partial charge in [0.1, 0.15) is 12.4 Å². The zero-order chi connectivity index (χ0) is 24.8. The van der Waals surface area contributed by atoms with Crippen molar-refractivity contribution in [1.82, 2.24) is 5.32 Å². The van der Waals surface area contributed by atoms with E-state index in [2.05, 4.69) is 10.6 Å². The van der Waals surface area contributed by atoms with Gasteiger partial charge in [0.15, 0.2) is 0 Å². The molecule has 35 heavy (non-hydrogen) atoms. The molecule has 180 valence electrons. The molecule has 3 aromatic rings. The SMILES string of the molecule is O=C(O)CSCCNC(=O)c1cc(F)cc(NC(=O)OCC2c3ccccc3-c3ccccc32)c1. The highest BCUT2D eigenvalue weighted by molar-refractivity contribution is 7.99. The molecule has 7 nitrogen and oxygen atoms in total. The number of hydrogen-bond donors (Lipinski definition) is 3. The molecule has 2 amide bonds. The lowest BCUT2D eigenvalue weighted by Gasteiger charge is -2.15. The topological polar surface area (TPSA) is 105 Å². The van der Waals surface area contributed by atoms with Crippen LogP contribution in [0.2, 0.25) is 0 Å². The van der Waals surface area contributed by atoms with E-state index < -0.39 is 23.8 Å². The number of carboxylic acids is 1. The van der Waals surface area contributed by atoms with E-state index in [0.717, 1.165) is 46.1 Å². The molecule has 0 unspecified atom stereocenters. The van der Waals surface area contributed by atoms with Crippen LogP contribution in [0, 0.1) is 5.82 Å². The standard InChI is InChI=1S/C26H23FN2O5S/c27-17-11-16(25(32)28-9-10-35-15-24(30)31)12-18(13-17)29-26(33)34-14-23-21-7-3-1-5-19(21)20-6-2-4-8-22(20)23/h1-8,11-13,23H,9-10,14-15H2,(H,28,32)(H,29,33)(H,30,31). The van der Waals surface area contributed by atoms with Gasteiger partial charge >= 0.3 is 12.1 Å². The normalized spacial score (nSPS) is 11.9. The Labute approximate surface area is 205 Å². The van der Waals surface area contributed by atoms with Crippen molar-refractivity contribution in [1.29, 1.82) is 0 Å². The van der Waals surface area contributed by atoms with E-state index in [-0.39, 0.29) is 36.1 Å². The van der Waals surface area contributed by atoms with Gasteiger partial charge in [-0.3, -0.25) is 14.9 Å². The van der Waals surface area contributed by atoms with Crippen LogP contribution in [0.15, 0.2) is 66.7 Å². The number of anilines is 1. The molecule has 0 radical (unpaired) electrons. The number of benzene rings is 3. The second-order valence-electron chi connectivity index (χ2n) is 7.88. The van der Waals surface area contributed by atoms with Gasteiger partial charge in [-0.2, -0.15) is 0 Å². The number of carbonyl (C=O) groups excluding carboxylic acids is 2. The van der Waals surface area contributed by atoms with Crippen molar-refractivity contribution in [3.63, 3.8) is 0 Å². The van der Waals surface area contributed by atoms with Gasteiger partial charge in [-0.25, -0.2) is 9.18 Å². The molecule has 3 aromatic carbocycles. The van der Waals surface area contributed by atoms with Gasteiger partial charge in [0.25, 0.3) is 5.91 Å². The molecule has 9 heteroatoms. The maximum Gasteiger partial charge on any atom is 0.411 e. The van der Waals surface area contributed by atoms with Crippen LogP contribution in [0.25, 0.3) is 11.1 Å². The van der Waals surface area contributed by atoms with Crippen LogP contribution in [-0.2, 0) is 9.53 Å². The fourth-order valence-electron chi connectivity index (χ4n) is 4.04. The van der Waals surface area contributed by atoms with E-state index in [1.54, 1.807) is 0 Å². The van der Waals surface area contributed by atoms with Gasteiger partial charge < -0.3 is 15.2 Å². The molecule has 0 aliphatic heterocycles. The minimum Gasteiger partial charge on any atom is -0.481 e. The van der Waals surface area contributed by atoms with Crippen molar-refractivity contribution in [3.8, 4) is 11.1 Å². The Morgan fingerprint density at radius 1 is 0.971 bits per heavy atom. The molecule has 1 aliphatic carbocycles. The summed E-state index contributed by atoms with van der Waals surface area (Å²) in [5.74, 6) is -1.93. The van der Waals surface area contributed by atoms with Crippen molar-refractivity contribution >= 4 is 35.4 Å². The smallest absolute Gasteiger partial charge is 0.411 e. The second kappa shape index (κ2) is 11.1. The van der Waals surface area contributed by atoms with Gasteiger partial charge in [0.2, 0.25) is 0 Å². The zero-order valence-corrected chi connectivity index (χ0v) is 19.4. The molecule has 0 atom stereocenters. The Morgan fingerprint density at radius 3 is 2.29 bits per heavy atom. The van der Waals surface area contributed by atoms with Gasteiger partial charge in [0, 0.05) is 29.5 Å². The number of carbonyl (C=O) groups is 3. The fraction of sp³-hybridized carbons (Fsp3) is 0.192. The first kappa shape index (κ1) is 24.3. The van der Waals surface area contributed by atoms with Gasteiger partial charge in [0.05, 0.1) is 5.75 Å². The van der Waals surface area contributed by atoms with Crippen LogP contribution >= 0.6 is 11.8 Å². The van der Waals surface area contributed by atoms with Crippen molar-refractivity contribution in [2.75, 3.05) is 30.0 Å². The molecule has 0 saturated carbocycles. The first-order valence-electron chi connectivity index (χ1n) is 10.9. The lowest BCUT2D eigenvalue weighted by molar-refractivity contribution is -0.133. The van der Waals surface area contributed by atoms with E-state index >= 15 is 0 Å². The minimum atomic E-state index is -0.935. The second-order valence-corrected chi connectivity index (χ2v) is 8.99. The summed E-state index contributed by atoms with van der Waals surface area (Å²) in [6, 6.07) is 19.4. The van der Waals surface area contributed by atoms with Crippen molar-refractivity contribution in [3.05, 3.63) is 89.2 Å². The number of ether oxygens (including phenoxy) is 1. The summed E-state index contributed by atoms with van der Waals surface area (Å²) in [6.07, 6.45) is -0.756. The van der Waals surface area contributed by atoms with Crippen LogP contribution in [-0.4, -0.2) is 47.7 Å². The van der Waals surface area contributed by atoms with Crippen molar-refractivity contribution in [2.24, 2.45) is 0 Å². The monoisotopic (exact) mass is 494 g/mol. The van der Waals surface area contributed by atoms with Crippen molar-refractivity contribution in [2.45, 2.75) is 5.92 Å². The summed E-state index contributed by atoms with van der Waals surface area (Å²) in [6.45, 7) is 0.332. The number of amides is 2. The Bertz CT molecular complexity index is 1220. The first-order valence-corrected chi connectivity index (χ1v) is 12.1. The van der Waals surface area contributed by atoms with E-state index in [1.807, 2.05) is 48.5 Å². The summed E-state index contributed by atoms with van der Waals surface area (Å²) in [5.41, 5.74) is 4.49. The Hall–Kier alpha value is -3.85. The number of thioether (sulfide) groups is 1. The fourth-order valence-corrected chi connectivity index (χ4v) is 4.61. The lowest BCUT2D eigenvalue weighted by Crippen LogP contribution is -2.26. The molecule has 0 bridgehead atoms. The predicted molar refractivity (Wildman–Crippen MR) is 132 cm³/mol. The van der Waals surface area contributed by atoms with E-state index in [4.69, 9.17) is 9.84 Å². The predicted octanol–water partition coefficient (Wildman–Crippen LogP) is 4.73. The molecule has 0 aromatic heterocycles. The molecule has 0 heterocycles. The van der Waals surface area contributed by atoms with Crippen LogP contribution in [0.5, 0.6) is 0 Å². The molecule has 1 aliphatic rings. The largest absolute Gasteiger partial charge is 0.481 e. The zero-order valence-electron chi connectivity index (χ0n) is 18.6. The van der Waals surface area contributed by atoms with Gasteiger partial charge in [-0.1, -0.05) is 48.5 Å². The Balaban J connectivity index is 1.35. The molecule has 3 N–H and O–H groups in total. The minimum absolute atomic E-state index is 0.0298. The van der Waals surface area contributed by atoms with Crippen LogP contribution < -0.4 is 10.6 Å². The Morgan fingerprint density at radius 2 is 1.63 bits per heavy atom. The summed E-state index contributed by atoms with van der Waals surface area (Å²) in [7, 11) is 0. The number of fused-ring (bicyclic) bond motifs is 3. The summed E-state index contributed by atoms with van der Waals surface area (Å²) < 4.78 is 19.6. The Kier molecular flexibility index (Phi) is 7.67. The number of aliphatic carboxylic acids is 1. The maximum atomic E-state index is 14.1. The highest BCUT2D eigenvalue weighted by atomic mass is 32.2. The summed E-state index contributed by atoms with van der Waals surface area (Å²) in [5, 5.41) is 13.7. The number of halogens is 1. The number of carboxylic acid groups (broad SMARTS) is 1. The molecular formula is C26H23FN2O5S. The maximum absolute atomic E-state index is 14.1. The summed E-state index contributed by atoms with van der Waals surface area (Å²) in [4.78, 5) is 35.3. The highest BCUT2D eigenvalue weighted by Crippen LogP contribution is 2.44. The highest BCUT2D eigenvalue weighted by Gasteiger charge is 2.29. The molecule has 0 spiro atoms. The van der Waals surface area contributed by atoms with E-state index in [0.29, 0.717) is 5.75 Å².